The second kappa shape index (κ2) is 6.23. The van der Waals surface area contributed by atoms with Gasteiger partial charge in [-0.15, -0.1) is 0 Å². The minimum atomic E-state index is 0.0576. The maximum Gasteiger partial charge on any atom is 0.185 e. The molecule has 0 spiro atoms. The van der Waals surface area contributed by atoms with Gasteiger partial charge in [-0.1, -0.05) is 58.0 Å². The first kappa shape index (κ1) is 17.8. The van der Waals surface area contributed by atoms with Gasteiger partial charge in [0.1, 0.15) is 0 Å². The van der Waals surface area contributed by atoms with Gasteiger partial charge in [0.2, 0.25) is 0 Å². The Bertz CT molecular complexity index is 1050. The molecule has 4 rings (SSSR count). The lowest BCUT2D eigenvalue weighted by Gasteiger charge is -2.42. The number of ketones is 1. The Morgan fingerprint density at radius 2 is 1.67 bits per heavy atom. The predicted molar refractivity (Wildman–Crippen MR) is 113 cm³/mol. The van der Waals surface area contributed by atoms with Crippen molar-refractivity contribution in [3.63, 3.8) is 0 Å². The van der Waals surface area contributed by atoms with E-state index >= 15 is 0 Å². The van der Waals surface area contributed by atoms with Crippen LogP contribution in [0.25, 0.3) is 17.0 Å². The summed E-state index contributed by atoms with van der Waals surface area (Å²) in [5.41, 5.74) is 5.89. The Balaban J connectivity index is 1.67. The fraction of sp³-hybridized carbons (Fsp3) is 0.320. The molecular formula is C25H27NO. The van der Waals surface area contributed by atoms with Crippen LogP contribution < -0.4 is 0 Å². The number of nitrogens with one attached hydrogen (secondary N) is 1. The Morgan fingerprint density at radius 1 is 0.963 bits per heavy atom. The summed E-state index contributed by atoms with van der Waals surface area (Å²) in [5.74, 6) is 0.0576. The van der Waals surface area contributed by atoms with Crippen LogP contribution >= 0.6 is 0 Å². The summed E-state index contributed by atoms with van der Waals surface area (Å²) < 4.78 is 0. The number of rotatable bonds is 3. The normalized spacial score (nSPS) is 17.9. The summed E-state index contributed by atoms with van der Waals surface area (Å²) in [6, 6.07) is 14.4. The quantitative estimate of drug-likeness (QED) is 0.426. The van der Waals surface area contributed by atoms with Crippen molar-refractivity contribution in [1.82, 2.24) is 4.98 Å². The molecule has 0 unspecified atom stereocenters. The lowest BCUT2D eigenvalue weighted by Crippen LogP contribution is -2.34. The molecule has 0 saturated carbocycles. The van der Waals surface area contributed by atoms with Gasteiger partial charge in [0.05, 0.1) is 0 Å². The molecule has 1 aliphatic rings. The first-order valence-electron chi connectivity index (χ1n) is 9.71. The zero-order chi connectivity index (χ0) is 19.2. The van der Waals surface area contributed by atoms with E-state index in [1.54, 1.807) is 6.08 Å². The molecule has 2 heteroatoms. The molecule has 27 heavy (non-hydrogen) atoms. The van der Waals surface area contributed by atoms with E-state index in [2.05, 4.69) is 50.9 Å². The van der Waals surface area contributed by atoms with Crippen molar-refractivity contribution in [2.75, 3.05) is 0 Å². The third-order valence-corrected chi connectivity index (χ3v) is 6.17. The van der Waals surface area contributed by atoms with Gasteiger partial charge >= 0.3 is 0 Å². The topological polar surface area (TPSA) is 32.9 Å². The number of carbonyl (C=O) groups excluding carboxylic acids is 1. The summed E-state index contributed by atoms with van der Waals surface area (Å²) in [6.07, 6.45) is 7.89. The third-order valence-electron chi connectivity index (χ3n) is 6.17. The number of aromatic amines is 1. The molecule has 0 atom stereocenters. The fourth-order valence-corrected chi connectivity index (χ4v) is 4.24. The highest BCUT2D eigenvalue weighted by Crippen LogP contribution is 2.45. The predicted octanol–water partition coefficient (Wildman–Crippen LogP) is 6.41. The Kier molecular flexibility index (Phi) is 4.10. The second-order valence-corrected chi connectivity index (χ2v) is 9.02. The van der Waals surface area contributed by atoms with Crippen molar-refractivity contribution >= 4 is 22.8 Å². The number of carbonyl (C=O) groups is 1. The standard InChI is InChI=1S/C25H27NO/c1-24(2)13-14-25(3,4)21-15-17(9-11-20(21)24)23(27)12-10-18-16-26-22-8-6-5-7-19(18)22/h5-12,15-16,26H,13-14H2,1-4H3/b12-10+. The van der Waals surface area contributed by atoms with Crippen LogP contribution in [0.5, 0.6) is 0 Å². The summed E-state index contributed by atoms with van der Waals surface area (Å²) in [7, 11) is 0. The van der Waals surface area contributed by atoms with Crippen LogP contribution in [0.3, 0.4) is 0 Å². The monoisotopic (exact) mass is 357 g/mol. The lowest BCUT2D eigenvalue weighted by molar-refractivity contribution is 0.104. The molecule has 0 fully saturated rings. The zero-order valence-corrected chi connectivity index (χ0v) is 16.6. The van der Waals surface area contributed by atoms with Gasteiger partial charge < -0.3 is 4.98 Å². The van der Waals surface area contributed by atoms with Gasteiger partial charge in [-0.05, 0) is 64.6 Å². The van der Waals surface area contributed by atoms with E-state index in [4.69, 9.17) is 0 Å². The summed E-state index contributed by atoms with van der Waals surface area (Å²) in [6.45, 7) is 9.19. The lowest BCUT2D eigenvalue weighted by atomic mass is 9.63. The van der Waals surface area contributed by atoms with Gasteiger partial charge in [-0.3, -0.25) is 4.79 Å². The average Bonchev–Trinajstić information content (AvgIpc) is 3.06. The molecule has 0 aliphatic heterocycles. The molecule has 0 amide bonds. The molecule has 1 heterocycles. The van der Waals surface area contributed by atoms with Gasteiger partial charge in [-0.25, -0.2) is 0 Å². The van der Waals surface area contributed by atoms with E-state index in [0.29, 0.717) is 0 Å². The number of hydrogen-bond acceptors (Lipinski definition) is 1. The van der Waals surface area contributed by atoms with Crippen LogP contribution in [0.4, 0.5) is 0 Å². The molecule has 1 aliphatic carbocycles. The van der Waals surface area contributed by atoms with E-state index in [1.807, 2.05) is 36.5 Å². The van der Waals surface area contributed by atoms with E-state index in [-0.39, 0.29) is 16.6 Å². The van der Waals surface area contributed by atoms with Crippen molar-refractivity contribution in [3.05, 3.63) is 77.0 Å². The van der Waals surface area contributed by atoms with Crippen LogP contribution in [0, 0.1) is 0 Å². The number of H-pyrrole nitrogens is 1. The highest BCUT2D eigenvalue weighted by Gasteiger charge is 2.37. The molecule has 1 aromatic heterocycles. The van der Waals surface area contributed by atoms with Crippen LogP contribution in [-0.2, 0) is 10.8 Å². The van der Waals surface area contributed by atoms with Gasteiger partial charge in [0, 0.05) is 22.7 Å². The van der Waals surface area contributed by atoms with E-state index in [0.717, 1.165) is 28.5 Å². The summed E-state index contributed by atoms with van der Waals surface area (Å²) in [4.78, 5) is 16.1. The van der Waals surface area contributed by atoms with Crippen LogP contribution in [-0.4, -0.2) is 10.8 Å². The van der Waals surface area contributed by atoms with Gasteiger partial charge in [0.25, 0.3) is 0 Å². The first-order valence-corrected chi connectivity index (χ1v) is 9.71. The van der Waals surface area contributed by atoms with Gasteiger partial charge in [0.15, 0.2) is 5.78 Å². The summed E-state index contributed by atoms with van der Waals surface area (Å²) >= 11 is 0. The highest BCUT2D eigenvalue weighted by atomic mass is 16.1. The minimum Gasteiger partial charge on any atom is -0.361 e. The van der Waals surface area contributed by atoms with Crippen LogP contribution in [0.15, 0.2) is 54.7 Å². The largest absolute Gasteiger partial charge is 0.361 e. The second-order valence-electron chi connectivity index (χ2n) is 9.02. The molecule has 2 nitrogen and oxygen atoms in total. The molecule has 0 bridgehead atoms. The Hall–Kier alpha value is -2.61. The van der Waals surface area contributed by atoms with Gasteiger partial charge in [-0.2, -0.15) is 0 Å². The number of para-hydroxylation sites is 1. The highest BCUT2D eigenvalue weighted by molar-refractivity contribution is 6.08. The number of hydrogen-bond donors (Lipinski definition) is 1. The zero-order valence-electron chi connectivity index (χ0n) is 16.6. The molecule has 138 valence electrons. The molecule has 0 radical (unpaired) electrons. The number of benzene rings is 2. The fourth-order valence-electron chi connectivity index (χ4n) is 4.24. The van der Waals surface area contributed by atoms with Crippen molar-refractivity contribution in [3.8, 4) is 0 Å². The molecule has 1 N–H and O–H groups in total. The van der Waals surface area contributed by atoms with Crippen molar-refractivity contribution in [2.24, 2.45) is 0 Å². The third kappa shape index (κ3) is 3.14. The van der Waals surface area contributed by atoms with Crippen LogP contribution in [0.2, 0.25) is 0 Å². The van der Waals surface area contributed by atoms with Crippen LogP contribution in [0.1, 0.15) is 67.6 Å². The van der Waals surface area contributed by atoms with E-state index in [1.165, 1.54) is 17.5 Å². The Labute approximate surface area is 161 Å². The minimum absolute atomic E-state index is 0.0576. The number of allylic oxidation sites excluding steroid dienone is 1. The maximum atomic E-state index is 12.8. The van der Waals surface area contributed by atoms with E-state index in [9.17, 15) is 4.79 Å². The SMILES string of the molecule is CC1(C)CCC(C)(C)c2cc(C(=O)/C=C/c3c[nH]c4ccccc34)ccc21. The van der Waals surface area contributed by atoms with E-state index < -0.39 is 0 Å². The number of aromatic nitrogens is 1. The molecule has 3 aromatic rings. The average molecular weight is 357 g/mol. The van der Waals surface area contributed by atoms with Crippen molar-refractivity contribution in [2.45, 2.75) is 51.4 Å². The molecule has 2 aromatic carbocycles. The molecular weight excluding hydrogens is 330 g/mol. The first-order chi connectivity index (χ1) is 12.8. The smallest absolute Gasteiger partial charge is 0.185 e. The van der Waals surface area contributed by atoms with Crippen molar-refractivity contribution < 1.29 is 4.79 Å². The maximum absolute atomic E-state index is 12.8. The number of fused-ring (bicyclic) bond motifs is 2. The summed E-state index contributed by atoms with van der Waals surface area (Å²) in [5, 5.41) is 1.13. The van der Waals surface area contributed by atoms with Crippen molar-refractivity contribution in [1.29, 1.82) is 0 Å². The molecule has 0 saturated heterocycles. The Morgan fingerprint density at radius 3 is 2.44 bits per heavy atom.